The van der Waals surface area contributed by atoms with Gasteiger partial charge in [0.05, 0.1) is 6.61 Å². The molecule has 25 heavy (non-hydrogen) atoms. The molecule has 4 heteroatoms. The molecule has 2 aromatic rings. The van der Waals surface area contributed by atoms with Crippen molar-refractivity contribution in [1.82, 2.24) is 9.80 Å². The molecule has 2 N–H and O–H groups in total. The molecule has 0 amide bonds. The van der Waals surface area contributed by atoms with Gasteiger partial charge in [0.15, 0.2) is 0 Å². The largest absolute Gasteiger partial charge is 0.493 e. The van der Waals surface area contributed by atoms with Gasteiger partial charge in [0.1, 0.15) is 5.75 Å². The van der Waals surface area contributed by atoms with Gasteiger partial charge in [-0.15, -0.1) is 0 Å². The Bertz CT molecular complexity index is 665. The van der Waals surface area contributed by atoms with Gasteiger partial charge >= 0.3 is 0 Å². The van der Waals surface area contributed by atoms with Gasteiger partial charge in [-0.3, -0.25) is 4.90 Å². The molecule has 1 aliphatic rings. The van der Waals surface area contributed by atoms with Gasteiger partial charge in [0.2, 0.25) is 0 Å². The van der Waals surface area contributed by atoms with Gasteiger partial charge in [-0.05, 0) is 42.8 Å². The van der Waals surface area contributed by atoms with E-state index in [-0.39, 0.29) is 0 Å². The van der Waals surface area contributed by atoms with E-state index < -0.39 is 0 Å². The van der Waals surface area contributed by atoms with E-state index in [0.717, 1.165) is 71.0 Å². The van der Waals surface area contributed by atoms with Crippen LogP contribution in [0.5, 0.6) is 5.75 Å². The Balaban J connectivity index is 1.73. The van der Waals surface area contributed by atoms with Crippen molar-refractivity contribution in [2.75, 3.05) is 45.9 Å². The molecule has 0 spiro atoms. The van der Waals surface area contributed by atoms with E-state index in [1.165, 1.54) is 16.3 Å². The van der Waals surface area contributed by atoms with Crippen LogP contribution in [-0.4, -0.2) is 55.7 Å². The first kappa shape index (κ1) is 18.2. The number of ether oxygens (including phenoxy) is 1. The van der Waals surface area contributed by atoms with E-state index in [0.29, 0.717) is 0 Å². The first-order valence-corrected chi connectivity index (χ1v) is 9.60. The van der Waals surface area contributed by atoms with Crippen LogP contribution >= 0.6 is 0 Å². The lowest BCUT2D eigenvalue weighted by Gasteiger charge is -2.35. The topological polar surface area (TPSA) is 41.7 Å². The lowest BCUT2D eigenvalue weighted by atomic mass is 10.0. The van der Waals surface area contributed by atoms with E-state index in [4.69, 9.17) is 10.5 Å². The predicted octanol–water partition coefficient (Wildman–Crippen LogP) is 3.10. The number of nitrogens with two attached hydrogens (primary N) is 1. The summed E-state index contributed by atoms with van der Waals surface area (Å²) in [7, 11) is 0. The minimum absolute atomic E-state index is 0.776. The Labute approximate surface area is 151 Å². The molecule has 136 valence electrons. The van der Waals surface area contributed by atoms with Crippen LogP contribution in [0.15, 0.2) is 36.4 Å². The van der Waals surface area contributed by atoms with Gasteiger partial charge in [-0.2, -0.15) is 0 Å². The predicted molar refractivity (Wildman–Crippen MR) is 105 cm³/mol. The zero-order chi connectivity index (χ0) is 17.5. The number of benzene rings is 2. The van der Waals surface area contributed by atoms with Gasteiger partial charge in [-0.25, -0.2) is 0 Å². The second-order valence-corrected chi connectivity index (χ2v) is 6.87. The van der Waals surface area contributed by atoms with Crippen LogP contribution in [0, 0.1) is 0 Å². The normalized spacial score (nSPS) is 16.4. The molecule has 0 unspecified atom stereocenters. The molecule has 1 fully saturated rings. The molecule has 1 saturated heterocycles. The SMILES string of the molecule is CCCOc1ccc2ccccc2c1CN1CCN(CCCN)CC1. The van der Waals surface area contributed by atoms with Gasteiger partial charge in [0, 0.05) is 38.3 Å². The summed E-state index contributed by atoms with van der Waals surface area (Å²) in [5, 5.41) is 2.62. The Morgan fingerprint density at radius 2 is 1.76 bits per heavy atom. The minimum Gasteiger partial charge on any atom is -0.493 e. The van der Waals surface area contributed by atoms with E-state index >= 15 is 0 Å². The monoisotopic (exact) mass is 341 g/mol. The second-order valence-electron chi connectivity index (χ2n) is 6.87. The molecule has 0 radical (unpaired) electrons. The molecular formula is C21H31N3O. The molecular weight excluding hydrogens is 310 g/mol. The lowest BCUT2D eigenvalue weighted by Crippen LogP contribution is -2.46. The third-order valence-corrected chi connectivity index (χ3v) is 4.98. The molecule has 1 heterocycles. The highest BCUT2D eigenvalue weighted by Gasteiger charge is 2.19. The Hall–Kier alpha value is -1.62. The molecule has 1 aliphatic heterocycles. The molecule has 0 bridgehead atoms. The van der Waals surface area contributed by atoms with Crippen molar-refractivity contribution in [1.29, 1.82) is 0 Å². The maximum atomic E-state index is 6.06. The molecule has 2 aromatic carbocycles. The van der Waals surface area contributed by atoms with Crippen LogP contribution in [0.4, 0.5) is 0 Å². The second kappa shape index (κ2) is 9.18. The van der Waals surface area contributed by atoms with Crippen LogP contribution in [0.2, 0.25) is 0 Å². The number of fused-ring (bicyclic) bond motifs is 1. The number of rotatable bonds is 8. The molecule has 3 rings (SSSR count). The van der Waals surface area contributed by atoms with Crippen molar-refractivity contribution in [3.05, 3.63) is 42.0 Å². The van der Waals surface area contributed by atoms with E-state index in [1.807, 2.05) is 0 Å². The number of hydrogen-bond acceptors (Lipinski definition) is 4. The fourth-order valence-corrected chi connectivity index (χ4v) is 3.54. The third kappa shape index (κ3) is 4.72. The first-order valence-electron chi connectivity index (χ1n) is 9.60. The van der Waals surface area contributed by atoms with Crippen LogP contribution in [0.1, 0.15) is 25.3 Å². The summed E-state index contributed by atoms with van der Waals surface area (Å²) in [6, 6.07) is 13.0. The smallest absolute Gasteiger partial charge is 0.124 e. The van der Waals surface area contributed by atoms with Crippen molar-refractivity contribution < 1.29 is 4.74 Å². The molecule has 4 nitrogen and oxygen atoms in total. The van der Waals surface area contributed by atoms with Crippen molar-refractivity contribution in [3.8, 4) is 5.75 Å². The summed E-state index contributed by atoms with van der Waals surface area (Å²) in [5.74, 6) is 1.05. The van der Waals surface area contributed by atoms with Crippen LogP contribution in [0.25, 0.3) is 10.8 Å². The van der Waals surface area contributed by atoms with Crippen molar-refractivity contribution in [2.24, 2.45) is 5.73 Å². The van der Waals surface area contributed by atoms with E-state index in [9.17, 15) is 0 Å². The fraction of sp³-hybridized carbons (Fsp3) is 0.524. The summed E-state index contributed by atoms with van der Waals surface area (Å²) in [5.41, 5.74) is 6.97. The highest BCUT2D eigenvalue weighted by molar-refractivity contribution is 5.87. The zero-order valence-electron chi connectivity index (χ0n) is 15.4. The lowest BCUT2D eigenvalue weighted by molar-refractivity contribution is 0.126. The van der Waals surface area contributed by atoms with Gasteiger partial charge in [-0.1, -0.05) is 37.3 Å². The van der Waals surface area contributed by atoms with E-state index in [2.05, 4.69) is 53.1 Å². The fourth-order valence-electron chi connectivity index (χ4n) is 3.54. The summed E-state index contributed by atoms with van der Waals surface area (Å²) >= 11 is 0. The summed E-state index contributed by atoms with van der Waals surface area (Å²) in [6.45, 7) is 10.3. The molecule has 0 aromatic heterocycles. The molecule has 0 aliphatic carbocycles. The average Bonchev–Trinajstić information content (AvgIpc) is 2.66. The Kier molecular flexibility index (Phi) is 6.68. The molecule has 0 saturated carbocycles. The quantitative estimate of drug-likeness (QED) is 0.801. The Morgan fingerprint density at radius 1 is 1.00 bits per heavy atom. The summed E-state index contributed by atoms with van der Waals surface area (Å²) in [4.78, 5) is 5.08. The van der Waals surface area contributed by atoms with Crippen LogP contribution in [-0.2, 0) is 6.54 Å². The Morgan fingerprint density at radius 3 is 2.52 bits per heavy atom. The van der Waals surface area contributed by atoms with Crippen LogP contribution in [0.3, 0.4) is 0 Å². The number of piperazine rings is 1. The maximum absolute atomic E-state index is 6.06. The number of hydrogen-bond donors (Lipinski definition) is 1. The number of nitrogens with zero attached hydrogens (tertiary/aromatic N) is 2. The van der Waals surface area contributed by atoms with E-state index in [1.54, 1.807) is 0 Å². The minimum atomic E-state index is 0.776. The third-order valence-electron chi connectivity index (χ3n) is 4.98. The van der Waals surface area contributed by atoms with Crippen molar-refractivity contribution >= 4 is 10.8 Å². The maximum Gasteiger partial charge on any atom is 0.124 e. The van der Waals surface area contributed by atoms with Crippen molar-refractivity contribution in [2.45, 2.75) is 26.3 Å². The molecule has 0 atom stereocenters. The summed E-state index contributed by atoms with van der Waals surface area (Å²) < 4.78 is 6.06. The highest BCUT2D eigenvalue weighted by atomic mass is 16.5. The standard InChI is InChI=1S/C21H31N3O/c1-2-16-25-21-9-8-18-6-3-4-7-19(18)20(21)17-24-14-12-23(13-15-24)11-5-10-22/h3-4,6-9H,2,5,10-17,22H2,1H3. The van der Waals surface area contributed by atoms with Crippen molar-refractivity contribution in [3.63, 3.8) is 0 Å². The first-order chi connectivity index (χ1) is 12.3. The van der Waals surface area contributed by atoms with Gasteiger partial charge in [0.25, 0.3) is 0 Å². The van der Waals surface area contributed by atoms with Crippen LogP contribution < -0.4 is 10.5 Å². The zero-order valence-corrected chi connectivity index (χ0v) is 15.4. The summed E-state index contributed by atoms with van der Waals surface area (Å²) in [6.07, 6.45) is 2.13. The van der Waals surface area contributed by atoms with Gasteiger partial charge < -0.3 is 15.4 Å². The average molecular weight is 341 g/mol. The highest BCUT2D eigenvalue weighted by Crippen LogP contribution is 2.30.